The Bertz CT molecular complexity index is 481. The van der Waals surface area contributed by atoms with Crippen LogP contribution in [0.1, 0.15) is 24.5 Å². The van der Waals surface area contributed by atoms with Gasteiger partial charge in [0, 0.05) is 25.0 Å². The van der Waals surface area contributed by atoms with Gasteiger partial charge in [-0.2, -0.15) is 5.26 Å². The maximum Gasteiger partial charge on any atom is 0.101 e. The lowest BCUT2D eigenvalue weighted by molar-refractivity contribution is 0.337. The van der Waals surface area contributed by atoms with Crippen LogP contribution in [-0.4, -0.2) is 37.6 Å². The fraction of sp³-hybridized carbons (Fsp3) is 0.533. The molecule has 0 N–H and O–H groups in total. The zero-order valence-corrected chi connectivity index (χ0v) is 12.3. The molecule has 0 bridgehead atoms. The van der Waals surface area contributed by atoms with Crippen molar-refractivity contribution in [1.82, 2.24) is 4.90 Å². The van der Waals surface area contributed by atoms with E-state index in [2.05, 4.69) is 29.8 Å². The van der Waals surface area contributed by atoms with E-state index >= 15 is 0 Å². The van der Waals surface area contributed by atoms with Crippen LogP contribution in [0, 0.1) is 11.3 Å². The lowest BCUT2D eigenvalue weighted by Gasteiger charge is -2.31. The molecule has 2 rings (SSSR count). The Balaban J connectivity index is 2.32. The van der Waals surface area contributed by atoms with Crippen molar-refractivity contribution >= 4 is 17.3 Å². The molecule has 1 fully saturated rings. The lowest BCUT2D eigenvalue weighted by Crippen LogP contribution is -2.38. The third kappa shape index (κ3) is 3.20. The molecule has 0 saturated carbocycles. The van der Waals surface area contributed by atoms with Crippen molar-refractivity contribution in [3.05, 3.63) is 29.3 Å². The molecular formula is C15H20ClN3. The highest BCUT2D eigenvalue weighted by Crippen LogP contribution is 2.25. The Morgan fingerprint density at radius 3 is 2.89 bits per heavy atom. The summed E-state index contributed by atoms with van der Waals surface area (Å²) in [6, 6.07) is 8.69. The predicted molar refractivity (Wildman–Crippen MR) is 79.6 cm³/mol. The van der Waals surface area contributed by atoms with Crippen molar-refractivity contribution in [3.8, 4) is 6.07 Å². The Hall–Kier alpha value is -1.24. The molecule has 19 heavy (non-hydrogen) atoms. The number of halogens is 1. The second kappa shape index (κ2) is 6.27. The molecular weight excluding hydrogens is 258 g/mol. The van der Waals surface area contributed by atoms with Crippen LogP contribution in [-0.2, 0) is 5.88 Å². The summed E-state index contributed by atoms with van der Waals surface area (Å²) in [4.78, 5) is 4.70. The van der Waals surface area contributed by atoms with Crippen molar-refractivity contribution in [2.75, 3.05) is 31.6 Å². The van der Waals surface area contributed by atoms with Crippen LogP contribution in [0.25, 0.3) is 0 Å². The summed E-state index contributed by atoms with van der Waals surface area (Å²) < 4.78 is 0. The van der Waals surface area contributed by atoms with Gasteiger partial charge in [0.15, 0.2) is 0 Å². The molecule has 0 spiro atoms. The smallest absolute Gasteiger partial charge is 0.101 e. The van der Waals surface area contributed by atoms with Crippen LogP contribution in [0.5, 0.6) is 0 Å². The zero-order chi connectivity index (χ0) is 13.8. The lowest BCUT2D eigenvalue weighted by atomic mass is 10.1. The van der Waals surface area contributed by atoms with Crippen molar-refractivity contribution < 1.29 is 0 Å². The summed E-state index contributed by atoms with van der Waals surface area (Å²) in [6.45, 7) is 5.36. The maximum atomic E-state index is 9.35. The van der Waals surface area contributed by atoms with Gasteiger partial charge in [0.2, 0.25) is 0 Å². The number of rotatable bonds is 2. The molecule has 4 heteroatoms. The van der Waals surface area contributed by atoms with E-state index in [1.807, 2.05) is 18.2 Å². The van der Waals surface area contributed by atoms with Gasteiger partial charge in [0.05, 0.1) is 11.3 Å². The average Bonchev–Trinajstić information content (AvgIpc) is 2.58. The van der Waals surface area contributed by atoms with Crippen LogP contribution in [0.15, 0.2) is 18.2 Å². The summed E-state index contributed by atoms with van der Waals surface area (Å²) in [6.07, 6.45) is 1.13. The third-order valence-corrected chi connectivity index (χ3v) is 4.00. The Morgan fingerprint density at radius 1 is 1.42 bits per heavy atom. The standard InChI is InChI=1S/C15H20ClN3/c1-12-11-18(2)6-3-7-19(12)15-5-4-13(9-16)8-14(15)10-17/h4-5,8,12H,3,6-7,9,11H2,1-2H3. The number of likely N-dealkylation sites (N-methyl/N-ethyl adjacent to an activating group) is 1. The molecule has 0 aromatic heterocycles. The fourth-order valence-corrected chi connectivity index (χ4v) is 2.90. The molecule has 1 aliphatic rings. The van der Waals surface area contributed by atoms with Crippen molar-refractivity contribution in [2.45, 2.75) is 25.3 Å². The van der Waals surface area contributed by atoms with Gasteiger partial charge >= 0.3 is 0 Å². The number of nitrogens with zero attached hydrogens (tertiary/aromatic N) is 3. The van der Waals surface area contributed by atoms with E-state index in [1.54, 1.807) is 0 Å². The van der Waals surface area contributed by atoms with E-state index in [4.69, 9.17) is 11.6 Å². The number of hydrogen-bond donors (Lipinski definition) is 0. The Labute approximate surface area is 120 Å². The Morgan fingerprint density at radius 2 is 2.21 bits per heavy atom. The molecule has 1 unspecified atom stereocenters. The minimum absolute atomic E-state index is 0.418. The van der Waals surface area contributed by atoms with E-state index < -0.39 is 0 Å². The average molecular weight is 278 g/mol. The summed E-state index contributed by atoms with van der Waals surface area (Å²) in [5.41, 5.74) is 2.77. The van der Waals surface area contributed by atoms with Gasteiger partial charge in [-0.3, -0.25) is 0 Å². The van der Waals surface area contributed by atoms with Crippen LogP contribution in [0.4, 0.5) is 5.69 Å². The topological polar surface area (TPSA) is 30.3 Å². The molecule has 102 valence electrons. The summed E-state index contributed by atoms with van der Waals surface area (Å²) >= 11 is 5.84. The van der Waals surface area contributed by atoms with Gasteiger partial charge in [-0.25, -0.2) is 0 Å². The first-order valence-electron chi connectivity index (χ1n) is 6.70. The van der Waals surface area contributed by atoms with Crippen molar-refractivity contribution in [3.63, 3.8) is 0 Å². The molecule has 1 heterocycles. The molecule has 0 aliphatic carbocycles. The Kier molecular flexibility index (Phi) is 4.68. The van der Waals surface area contributed by atoms with Gasteiger partial charge in [0.1, 0.15) is 6.07 Å². The molecule has 1 saturated heterocycles. The first-order valence-corrected chi connectivity index (χ1v) is 7.23. The van der Waals surface area contributed by atoms with Gasteiger partial charge in [-0.15, -0.1) is 11.6 Å². The number of hydrogen-bond acceptors (Lipinski definition) is 3. The highest BCUT2D eigenvalue weighted by molar-refractivity contribution is 6.17. The minimum Gasteiger partial charge on any atom is -0.366 e. The minimum atomic E-state index is 0.418. The predicted octanol–water partition coefficient (Wildman–Crippen LogP) is 2.83. The van der Waals surface area contributed by atoms with E-state index in [1.165, 1.54) is 0 Å². The first kappa shape index (κ1) is 14.2. The molecule has 1 aromatic rings. The third-order valence-electron chi connectivity index (χ3n) is 3.69. The molecule has 1 aromatic carbocycles. The zero-order valence-electron chi connectivity index (χ0n) is 11.6. The first-order chi connectivity index (χ1) is 9.15. The fourth-order valence-electron chi connectivity index (χ4n) is 2.74. The van der Waals surface area contributed by atoms with Gasteiger partial charge in [-0.05, 0) is 44.6 Å². The summed E-state index contributed by atoms with van der Waals surface area (Å²) in [5, 5.41) is 9.35. The normalized spacial score (nSPS) is 20.9. The molecule has 0 radical (unpaired) electrons. The van der Waals surface area contributed by atoms with Gasteiger partial charge in [0.25, 0.3) is 0 Å². The van der Waals surface area contributed by atoms with Crippen molar-refractivity contribution in [2.24, 2.45) is 0 Å². The van der Waals surface area contributed by atoms with Gasteiger partial charge < -0.3 is 9.80 Å². The quantitative estimate of drug-likeness (QED) is 0.779. The molecule has 1 atom stereocenters. The highest BCUT2D eigenvalue weighted by atomic mass is 35.5. The van der Waals surface area contributed by atoms with Crippen LogP contribution >= 0.6 is 11.6 Å². The van der Waals surface area contributed by atoms with E-state index in [-0.39, 0.29) is 0 Å². The maximum absolute atomic E-state index is 9.35. The van der Waals surface area contributed by atoms with E-state index in [0.717, 1.165) is 42.9 Å². The van der Waals surface area contributed by atoms with Crippen LogP contribution in [0.2, 0.25) is 0 Å². The second-order valence-corrected chi connectivity index (χ2v) is 5.52. The van der Waals surface area contributed by atoms with Crippen molar-refractivity contribution in [1.29, 1.82) is 5.26 Å². The van der Waals surface area contributed by atoms with E-state index in [9.17, 15) is 5.26 Å². The summed E-state index contributed by atoms with van der Waals surface area (Å²) in [5.74, 6) is 0.452. The summed E-state index contributed by atoms with van der Waals surface area (Å²) in [7, 11) is 2.15. The second-order valence-electron chi connectivity index (χ2n) is 5.26. The molecule has 1 aliphatic heterocycles. The van der Waals surface area contributed by atoms with Gasteiger partial charge in [-0.1, -0.05) is 6.07 Å². The molecule has 0 amide bonds. The van der Waals surface area contributed by atoms with E-state index in [0.29, 0.717) is 11.9 Å². The highest BCUT2D eigenvalue weighted by Gasteiger charge is 2.21. The number of benzene rings is 1. The van der Waals surface area contributed by atoms with Crippen LogP contribution in [0.3, 0.4) is 0 Å². The number of anilines is 1. The largest absolute Gasteiger partial charge is 0.366 e. The number of alkyl halides is 1. The number of nitriles is 1. The molecule has 3 nitrogen and oxygen atoms in total. The SMILES string of the molecule is CC1CN(C)CCCN1c1ccc(CCl)cc1C#N. The monoisotopic (exact) mass is 277 g/mol. The van der Waals surface area contributed by atoms with Crippen LogP contribution < -0.4 is 4.90 Å².